The lowest BCUT2D eigenvalue weighted by Crippen LogP contribution is -2.28. The van der Waals surface area contributed by atoms with Gasteiger partial charge in [0.15, 0.2) is 11.6 Å². The van der Waals surface area contributed by atoms with Crippen molar-refractivity contribution in [2.45, 2.75) is 38.1 Å². The van der Waals surface area contributed by atoms with E-state index in [-0.39, 0.29) is 0 Å². The van der Waals surface area contributed by atoms with E-state index >= 15 is 0 Å². The summed E-state index contributed by atoms with van der Waals surface area (Å²) in [6, 6.07) is 4.76. The van der Waals surface area contributed by atoms with Crippen LogP contribution in [-0.4, -0.2) is 12.6 Å². The topological polar surface area (TPSA) is 12.0 Å². The van der Waals surface area contributed by atoms with Crippen molar-refractivity contribution in [3.8, 4) is 0 Å². The maximum absolute atomic E-state index is 12.9. The molecule has 1 aromatic rings. The highest BCUT2D eigenvalue weighted by molar-refractivity contribution is 5.18. The van der Waals surface area contributed by atoms with E-state index < -0.39 is 11.6 Å². The fourth-order valence-corrected chi connectivity index (χ4v) is 2.25. The second kappa shape index (κ2) is 5.39. The third-order valence-electron chi connectivity index (χ3n) is 3.19. The van der Waals surface area contributed by atoms with Crippen LogP contribution in [0, 0.1) is 11.6 Å². The average molecular weight is 225 g/mol. The van der Waals surface area contributed by atoms with E-state index in [9.17, 15) is 8.78 Å². The first-order chi connectivity index (χ1) is 7.75. The van der Waals surface area contributed by atoms with Crippen LogP contribution in [-0.2, 0) is 6.42 Å². The van der Waals surface area contributed by atoms with Crippen LogP contribution in [0.1, 0.15) is 31.2 Å². The van der Waals surface area contributed by atoms with Crippen LogP contribution in [0.3, 0.4) is 0 Å². The summed E-state index contributed by atoms with van der Waals surface area (Å²) in [5.74, 6) is -1.52. The molecule has 88 valence electrons. The van der Waals surface area contributed by atoms with Gasteiger partial charge in [-0.3, -0.25) is 0 Å². The summed E-state index contributed by atoms with van der Waals surface area (Å²) < 4.78 is 25.6. The Kier molecular flexibility index (Phi) is 3.88. The number of rotatable bonds is 4. The Balaban J connectivity index is 1.78. The minimum absolute atomic E-state index is 0.630. The summed E-state index contributed by atoms with van der Waals surface area (Å²) in [5.41, 5.74) is 0.851. The Morgan fingerprint density at radius 3 is 2.56 bits per heavy atom. The second-order valence-electron chi connectivity index (χ2n) is 4.43. The van der Waals surface area contributed by atoms with Gasteiger partial charge in [0.05, 0.1) is 0 Å². The van der Waals surface area contributed by atoms with Gasteiger partial charge in [0.25, 0.3) is 0 Å². The Bertz CT molecular complexity index is 346. The van der Waals surface area contributed by atoms with Crippen LogP contribution in [0.2, 0.25) is 0 Å². The molecular weight excluding hydrogens is 208 g/mol. The molecule has 16 heavy (non-hydrogen) atoms. The van der Waals surface area contributed by atoms with Crippen molar-refractivity contribution in [2.24, 2.45) is 0 Å². The Hall–Kier alpha value is -0.960. The van der Waals surface area contributed by atoms with Crippen LogP contribution in [0.15, 0.2) is 18.2 Å². The van der Waals surface area contributed by atoms with Gasteiger partial charge in [-0.1, -0.05) is 18.9 Å². The zero-order valence-electron chi connectivity index (χ0n) is 9.31. The van der Waals surface area contributed by atoms with Crippen LogP contribution < -0.4 is 5.32 Å². The predicted octanol–water partition coefficient (Wildman–Crippen LogP) is 3.04. The van der Waals surface area contributed by atoms with Gasteiger partial charge in [-0.05, 0) is 43.5 Å². The molecule has 1 saturated carbocycles. The third kappa shape index (κ3) is 3.01. The molecule has 0 bridgehead atoms. The number of nitrogens with one attached hydrogen (secondary N) is 1. The highest BCUT2D eigenvalue weighted by Crippen LogP contribution is 2.17. The molecule has 3 heteroatoms. The smallest absolute Gasteiger partial charge is 0.159 e. The first-order valence-electron chi connectivity index (χ1n) is 5.93. The molecule has 0 aliphatic heterocycles. The minimum atomic E-state index is -0.771. The normalized spacial score (nSPS) is 16.9. The van der Waals surface area contributed by atoms with Crippen molar-refractivity contribution in [2.75, 3.05) is 6.54 Å². The Labute approximate surface area is 94.9 Å². The van der Waals surface area contributed by atoms with Crippen LogP contribution >= 0.6 is 0 Å². The van der Waals surface area contributed by atoms with E-state index in [2.05, 4.69) is 5.32 Å². The molecule has 1 aromatic carbocycles. The Morgan fingerprint density at radius 2 is 1.88 bits per heavy atom. The lowest BCUT2D eigenvalue weighted by Gasteiger charge is -2.11. The summed E-state index contributed by atoms with van der Waals surface area (Å²) in [5, 5.41) is 3.45. The van der Waals surface area contributed by atoms with Gasteiger partial charge in [-0.2, -0.15) is 0 Å². The summed E-state index contributed by atoms with van der Waals surface area (Å²) in [7, 11) is 0. The summed E-state index contributed by atoms with van der Waals surface area (Å²) in [6.45, 7) is 0.843. The second-order valence-corrected chi connectivity index (χ2v) is 4.43. The first kappa shape index (κ1) is 11.5. The molecular formula is C13H17F2N. The zero-order chi connectivity index (χ0) is 11.4. The van der Waals surface area contributed by atoms with Gasteiger partial charge in [0, 0.05) is 6.04 Å². The van der Waals surface area contributed by atoms with Crippen molar-refractivity contribution in [3.05, 3.63) is 35.4 Å². The molecule has 0 atom stereocenters. The molecule has 1 nitrogen and oxygen atoms in total. The maximum Gasteiger partial charge on any atom is 0.159 e. The number of benzene rings is 1. The van der Waals surface area contributed by atoms with Crippen LogP contribution in [0.5, 0.6) is 0 Å². The molecule has 0 saturated heterocycles. The lowest BCUT2D eigenvalue weighted by atomic mass is 10.1. The van der Waals surface area contributed by atoms with E-state index in [1.807, 2.05) is 0 Å². The van der Waals surface area contributed by atoms with Crippen molar-refractivity contribution in [1.29, 1.82) is 0 Å². The number of hydrogen-bond acceptors (Lipinski definition) is 1. The van der Waals surface area contributed by atoms with Gasteiger partial charge in [0.2, 0.25) is 0 Å². The van der Waals surface area contributed by atoms with E-state index in [1.165, 1.54) is 37.8 Å². The summed E-state index contributed by atoms with van der Waals surface area (Å²) in [4.78, 5) is 0. The molecule has 1 N–H and O–H groups in total. The van der Waals surface area contributed by atoms with E-state index in [4.69, 9.17) is 0 Å². The quantitative estimate of drug-likeness (QED) is 0.830. The molecule has 0 unspecified atom stereocenters. The zero-order valence-corrected chi connectivity index (χ0v) is 9.31. The number of hydrogen-bond donors (Lipinski definition) is 1. The van der Waals surface area contributed by atoms with E-state index in [0.29, 0.717) is 6.04 Å². The molecule has 0 amide bonds. The van der Waals surface area contributed by atoms with Gasteiger partial charge >= 0.3 is 0 Å². The fourth-order valence-electron chi connectivity index (χ4n) is 2.25. The molecule has 2 rings (SSSR count). The highest BCUT2D eigenvalue weighted by atomic mass is 19.2. The van der Waals surface area contributed by atoms with Gasteiger partial charge < -0.3 is 5.32 Å². The van der Waals surface area contributed by atoms with E-state index in [0.717, 1.165) is 18.5 Å². The van der Waals surface area contributed by atoms with Gasteiger partial charge in [-0.25, -0.2) is 8.78 Å². The fraction of sp³-hybridized carbons (Fsp3) is 0.538. The Morgan fingerprint density at radius 1 is 1.12 bits per heavy atom. The van der Waals surface area contributed by atoms with Crippen molar-refractivity contribution in [3.63, 3.8) is 0 Å². The number of halogens is 2. The SMILES string of the molecule is Fc1ccc(CCNC2CCCC2)cc1F. The first-order valence-corrected chi connectivity index (χ1v) is 5.93. The molecule has 0 radical (unpaired) electrons. The molecule has 0 spiro atoms. The summed E-state index contributed by atoms with van der Waals surface area (Å²) in [6.07, 6.45) is 5.87. The van der Waals surface area contributed by atoms with Crippen molar-refractivity contribution >= 4 is 0 Å². The minimum Gasteiger partial charge on any atom is -0.314 e. The molecule has 0 heterocycles. The van der Waals surface area contributed by atoms with Crippen molar-refractivity contribution in [1.82, 2.24) is 5.32 Å². The van der Waals surface area contributed by atoms with Gasteiger partial charge in [0.1, 0.15) is 0 Å². The largest absolute Gasteiger partial charge is 0.314 e. The molecule has 0 aromatic heterocycles. The van der Waals surface area contributed by atoms with Crippen molar-refractivity contribution < 1.29 is 8.78 Å². The molecule has 1 fully saturated rings. The van der Waals surface area contributed by atoms with Gasteiger partial charge in [-0.15, -0.1) is 0 Å². The molecule has 1 aliphatic rings. The average Bonchev–Trinajstić information content (AvgIpc) is 2.76. The molecule has 1 aliphatic carbocycles. The third-order valence-corrected chi connectivity index (χ3v) is 3.19. The van der Waals surface area contributed by atoms with E-state index in [1.54, 1.807) is 6.07 Å². The lowest BCUT2D eigenvalue weighted by molar-refractivity contribution is 0.504. The highest BCUT2D eigenvalue weighted by Gasteiger charge is 2.13. The van der Waals surface area contributed by atoms with Crippen LogP contribution in [0.4, 0.5) is 8.78 Å². The summed E-state index contributed by atoms with van der Waals surface area (Å²) >= 11 is 0. The standard InChI is InChI=1S/C13H17F2N/c14-12-6-5-10(9-13(12)15)7-8-16-11-3-1-2-4-11/h5-6,9,11,16H,1-4,7-8H2. The predicted molar refractivity (Wildman–Crippen MR) is 60.3 cm³/mol. The monoisotopic (exact) mass is 225 g/mol. The van der Waals surface area contributed by atoms with Crippen LogP contribution in [0.25, 0.3) is 0 Å². The maximum atomic E-state index is 12.9.